The van der Waals surface area contributed by atoms with Crippen LogP contribution in [0.4, 0.5) is 4.39 Å². The van der Waals surface area contributed by atoms with E-state index in [-0.39, 0.29) is 5.52 Å². The molecule has 0 bridgehead atoms. The van der Waals surface area contributed by atoms with Crippen LogP contribution in [-0.2, 0) is 7.05 Å². The largest absolute Gasteiger partial charge is 0.497 e. The highest BCUT2D eigenvalue weighted by molar-refractivity contribution is 6.05. The summed E-state index contributed by atoms with van der Waals surface area (Å²) in [6, 6.07) is 3.14. The van der Waals surface area contributed by atoms with Gasteiger partial charge in [-0.25, -0.2) is 9.07 Å². The summed E-state index contributed by atoms with van der Waals surface area (Å²) >= 11 is 0. The highest BCUT2D eigenvalue weighted by atomic mass is 19.1. The Kier molecular flexibility index (Phi) is 2.24. The van der Waals surface area contributed by atoms with Crippen LogP contribution in [0, 0.1) is 5.82 Å². The van der Waals surface area contributed by atoms with Crippen molar-refractivity contribution < 1.29 is 9.13 Å². The van der Waals surface area contributed by atoms with Crippen molar-refractivity contribution in [3.8, 4) is 5.75 Å². The van der Waals surface area contributed by atoms with Gasteiger partial charge in [-0.1, -0.05) is 0 Å². The minimum atomic E-state index is -0.417. The summed E-state index contributed by atoms with van der Waals surface area (Å²) in [5, 5.41) is 14.3. The van der Waals surface area contributed by atoms with E-state index in [2.05, 4.69) is 15.3 Å². The molecule has 5 nitrogen and oxygen atoms in total. The molecule has 1 fully saturated rings. The van der Waals surface area contributed by atoms with Crippen LogP contribution in [0.3, 0.4) is 0 Å². The lowest BCUT2D eigenvalue weighted by molar-refractivity contribution is 0.412. The predicted octanol–water partition coefficient (Wildman–Crippen LogP) is 2.54. The molecule has 0 saturated heterocycles. The smallest absolute Gasteiger partial charge is 0.181 e. The van der Waals surface area contributed by atoms with Gasteiger partial charge in [0.05, 0.1) is 18.2 Å². The maximum atomic E-state index is 14.1. The average molecular weight is 272 g/mol. The molecule has 1 saturated carbocycles. The Labute approximate surface area is 114 Å². The Morgan fingerprint density at radius 2 is 2.10 bits per heavy atom. The van der Waals surface area contributed by atoms with Crippen molar-refractivity contribution in [1.82, 2.24) is 20.0 Å². The molecule has 0 unspecified atom stereocenters. The lowest BCUT2D eigenvalue weighted by Gasteiger charge is -2.05. The van der Waals surface area contributed by atoms with Crippen LogP contribution in [0.1, 0.15) is 24.5 Å². The Hall–Kier alpha value is -2.24. The molecule has 0 N–H and O–H groups in total. The van der Waals surface area contributed by atoms with E-state index < -0.39 is 5.82 Å². The van der Waals surface area contributed by atoms with Crippen LogP contribution in [0.5, 0.6) is 5.75 Å². The molecular formula is C14H13FN4O. The molecule has 2 aromatic heterocycles. The molecule has 3 aromatic rings. The first-order chi connectivity index (χ1) is 9.69. The zero-order valence-corrected chi connectivity index (χ0v) is 11.2. The number of hydrogen-bond donors (Lipinski definition) is 0. The number of methoxy groups -OCH3 is 1. The molecule has 6 heteroatoms. The van der Waals surface area contributed by atoms with Crippen LogP contribution >= 0.6 is 0 Å². The number of hydrogen-bond acceptors (Lipinski definition) is 4. The molecule has 1 aromatic carbocycles. The zero-order valence-electron chi connectivity index (χ0n) is 11.2. The van der Waals surface area contributed by atoms with E-state index in [1.54, 1.807) is 4.68 Å². The van der Waals surface area contributed by atoms with Gasteiger partial charge in [-0.05, 0) is 18.9 Å². The number of fused-ring (bicyclic) bond motifs is 3. The van der Waals surface area contributed by atoms with Crippen molar-refractivity contribution in [3.05, 3.63) is 23.6 Å². The Morgan fingerprint density at radius 1 is 1.30 bits per heavy atom. The topological polar surface area (TPSA) is 52.8 Å². The van der Waals surface area contributed by atoms with Gasteiger partial charge in [0.1, 0.15) is 11.3 Å². The van der Waals surface area contributed by atoms with E-state index in [9.17, 15) is 4.39 Å². The fourth-order valence-corrected chi connectivity index (χ4v) is 2.63. The number of rotatable bonds is 2. The lowest BCUT2D eigenvalue weighted by Crippen LogP contribution is -1.96. The summed E-state index contributed by atoms with van der Waals surface area (Å²) in [6.07, 6.45) is 2.25. The van der Waals surface area contributed by atoms with Crippen molar-refractivity contribution in [2.45, 2.75) is 18.8 Å². The fraction of sp³-hybridized carbons (Fsp3) is 0.357. The SMILES string of the molecule is COc1cc(F)c2nnc3c(c(C4CC4)nn3C)c2c1. The molecule has 0 aliphatic heterocycles. The summed E-state index contributed by atoms with van der Waals surface area (Å²) < 4.78 is 21.0. The Balaban J connectivity index is 2.18. The molecule has 0 amide bonds. The molecule has 0 radical (unpaired) electrons. The van der Waals surface area contributed by atoms with Gasteiger partial charge in [0.15, 0.2) is 11.5 Å². The van der Waals surface area contributed by atoms with Crippen LogP contribution in [0.2, 0.25) is 0 Å². The number of benzene rings is 1. The minimum absolute atomic E-state index is 0.271. The average Bonchev–Trinajstić information content (AvgIpc) is 3.23. The van der Waals surface area contributed by atoms with Crippen LogP contribution < -0.4 is 4.74 Å². The third-order valence-electron chi connectivity index (χ3n) is 3.79. The molecular weight excluding hydrogens is 259 g/mol. The second-order valence-electron chi connectivity index (χ2n) is 5.19. The van der Waals surface area contributed by atoms with Gasteiger partial charge in [-0.15, -0.1) is 10.2 Å². The summed E-state index contributed by atoms with van der Waals surface area (Å²) in [5.74, 6) is 0.523. The standard InChI is InChI=1S/C14H13FN4O/c1-19-14-11(12(18-19)7-3-4-7)9-5-8(20-2)6-10(15)13(9)16-17-14/h5-7H,3-4H2,1-2H3. The Morgan fingerprint density at radius 3 is 2.80 bits per heavy atom. The van der Waals surface area contributed by atoms with E-state index in [0.29, 0.717) is 17.3 Å². The van der Waals surface area contributed by atoms with Crippen LogP contribution in [0.25, 0.3) is 21.9 Å². The maximum Gasteiger partial charge on any atom is 0.181 e. The van der Waals surface area contributed by atoms with Crippen LogP contribution in [0.15, 0.2) is 12.1 Å². The van der Waals surface area contributed by atoms with Gasteiger partial charge in [0.2, 0.25) is 0 Å². The van der Waals surface area contributed by atoms with Gasteiger partial charge < -0.3 is 4.74 Å². The van der Waals surface area contributed by atoms with Crippen molar-refractivity contribution >= 4 is 21.9 Å². The van der Waals surface area contributed by atoms with Crippen molar-refractivity contribution in [2.75, 3.05) is 7.11 Å². The minimum Gasteiger partial charge on any atom is -0.497 e. The third kappa shape index (κ3) is 1.51. The number of ether oxygens (including phenoxy) is 1. The van der Waals surface area contributed by atoms with Gasteiger partial charge >= 0.3 is 0 Å². The van der Waals surface area contributed by atoms with E-state index >= 15 is 0 Å². The summed E-state index contributed by atoms with van der Waals surface area (Å²) in [7, 11) is 3.36. The number of aryl methyl sites for hydroxylation is 1. The molecule has 0 spiro atoms. The molecule has 1 aliphatic rings. The van der Waals surface area contributed by atoms with Gasteiger partial charge in [-0.2, -0.15) is 5.10 Å². The highest BCUT2D eigenvalue weighted by Gasteiger charge is 2.30. The third-order valence-corrected chi connectivity index (χ3v) is 3.79. The molecule has 20 heavy (non-hydrogen) atoms. The monoisotopic (exact) mass is 272 g/mol. The Bertz CT molecular complexity index is 838. The zero-order chi connectivity index (χ0) is 13.9. The number of nitrogens with zero attached hydrogens (tertiary/aromatic N) is 4. The van der Waals surface area contributed by atoms with Crippen LogP contribution in [-0.4, -0.2) is 27.1 Å². The number of aromatic nitrogens is 4. The predicted molar refractivity (Wildman–Crippen MR) is 72.3 cm³/mol. The summed E-state index contributed by atoms with van der Waals surface area (Å²) in [6.45, 7) is 0. The number of halogens is 1. The second-order valence-corrected chi connectivity index (χ2v) is 5.19. The van der Waals surface area contributed by atoms with E-state index in [1.165, 1.54) is 13.2 Å². The van der Waals surface area contributed by atoms with Gasteiger partial charge in [-0.3, -0.25) is 0 Å². The van der Waals surface area contributed by atoms with Crippen molar-refractivity contribution in [2.24, 2.45) is 7.05 Å². The van der Waals surface area contributed by atoms with Gasteiger partial charge in [0.25, 0.3) is 0 Å². The highest BCUT2D eigenvalue weighted by Crippen LogP contribution is 2.44. The van der Waals surface area contributed by atoms with Gasteiger partial charge in [0, 0.05) is 24.4 Å². The quantitative estimate of drug-likeness (QED) is 0.719. The molecule has 1 aliphatic carbocycles. The van der Waals surface area contributed by atoms with E-state index in [4.69, 9.17) is 4.74 Å². The summed E-state index contributed by atoms with van der Waals surface area (Å²) in [5.41, 5.74) is 1.95. The normalized spacial score (nSPS) is 15.2. The van der Waals surface area contributed by atoms with E-state index in [1.807, 2.05) is 13.1 Å². The maximum absolute atomic E-state index is 14.1. The molecule has 2 heterocycles. The van der Waals surface area contributed by atoms with Crippen molar-refractivity contribution in [1.29, 1.82) is 0 Å². The lowest BCUT2D eigenvalue weighted by atomic mass is 10.1. The summed E-state index contributed by atoms with van der Waals surface area (Å²) in [4.78, 5) is 0. The first kappa shape index (κ1) is 11.6. The molecule has 0 atom stereocenters. The fourth-order valence-electron chi connectivity index (χ4n) is 2.63. The molecule has 102 valence electrons. The first-order valence-electron chi connectivity index (χ1n) is 6.55. The van der Waals surface area contributed by atoms with E-state index in [0.717, 1.165) is 29.3 Å². The van der Waals surface area contributed by atoms with Crippen molar-refractivity contribution in [3.63, 3.8) is 0 Å². The second kappa shape index (κ2) is 3.88. The molecule has 4 rings (SSSR count). The first-order valence-corrected chi connectivity index (χ1v) is 6.55.